The number of hydrogen-bond acceptors (Lipinski definition) is 4. The third-order valence-corrected chi connectivity index (χ3v) is 4.11. The molecule has 0 fully saturated rings. The quantitative estimate of drug-likeness (QED) is 0.471. The van der Waals surface area contributed by atoms with Crippen LogP contribution in [0.4, 0.5) is 0 Å². The predicted molar refractivity (Wildman–Crippen MR) is 87.1 cm³/mol. The fourth-order valence-electron chi connectivity index (χ4n) is 1.80. The number of carbonyl (C=O) groups excluding carboxylic acids is 1. The van der Waals surface area contributed by atoms with Gasteiger partial charge < -0.3 is 4.84 Å². The molecule has 1 aromatic heterocycles. The van der Waals surface area contributed by atoms with Crippen molar-refractivity contribution in [1.82, 2.24) is 0 Å². The van der Waals surface area contributed by atoms with E-state index in [-0.39, 0.29) is 5.41 Å². The van der Waals surface area contributed by atoms with Gasteiger partial charge in [-0.1, -0.05) is 44.1 Å². The molecule has 0 aliphatic heterocycles. The first-order chi connectivity index (χ1) is 9.88. The Labute approximate surface area is 129 Å². The van der Waals surface area contributed by atoms with Gasteiger partial charge in [0.15, 0.2) is 0 Å². The lowest BCUT2D eigenvalue weighted by atomic mass is 9.87. The summed E-state index contributed by atoms with van der Waals surface area (Å²) in [5.41, 5.74) is 2.45. The fourth-order valence-corrected chi connectivity index (χ4v) is 2.47. The van der Waals surface area contributed by atoms with Crippen molar-refractivity contribution in [2.24, 2.45) is 5.16 Å². The molecule has 0 bridgehead atoms. The number of hydrogen-bond donors (Lipinski definition) is 0. The van der Waals surface area contributed by atoms with Crippen LogP contribution in [0.5, 0.6) is 0 Å². The van der Waals surface area contributed by atoms with E-state index in [2.05, 4.69) is 25.9 Å². The monoisotopic (exact) mass is 301 g/mol. The summed E-state index contributed by atoms with van der Waals surface area (Å²) in [4.78, 5) is 17.9. The van der Waals surface area contributed by atoms with E-state index in [1.165, 1.54) is 5.56 Å². The highest BCUT2D eigenvalue weighted by molar-refractivity contribution is 7.12. The minimum Gasteiger partial charge on any atom is -0.313 e. The maximum Gasteiger partial charge on any atom is 0.365 e. The SMILES string of the molecule is C/C(=N/OC(=O)c1ccc(C(C)(C)C)cc1)c1cccs1. The minimum absolute atomic E-state index is 0.0658. The van der Waals surface area contributed by atoms with E-state index in [9.17, 15) is 4.79 Å². The van der Waals surface area contributed by atoms with Crippen LogP contribution < -0.4 is 0 Å². The van der Waals surface area contributed by atoms with Crippen LogP contribution in [0.15, 0.2) is 46.9 Å². The third kappa shape index (κ3) is 4.02. The summed E-state index contributed by atoms with van der Waals surface area (Å²) in [7, 11) is 0. The Morgan fingerprint density at radius 2 is 1.81 bits per heavy atom. The molecule has 0 atom stereocenters. The second kappa shape index (κ2) is 6.22. The number of carbonyl (C=O) groups is 1. The molecule has 0 spiro atoms. The van der Waals surface area contributed by atoms with E-state index in [4.69, 9.17) is 4.84 Å². The second-order valence-corrected chi connectivity index (χ2v) is 6.81. The first kappa shape index (κ1) is 15.4. The lowest BCUT2D eigenvalue weighted by Crippen LogP contribution is -2.11. The molecule has 0 saturated heterocycles. The average molecular weight is 301 g/mol. The zero-order valence-corrected chi connectivity index (χ0v) is 13.5. The summed E-state index contributed by atoms with van der Waals surface area (Å²) in [5.74, 6) is -0.439. The largest absolute Gasteiger partial charge is 0.365 e. The zero-order valence-electron chi connectivity index (χ0n) is 12.7. The molecule has 4 heteroatoms. The van der Waals surface area contributed by atoms with Gasteiger partial charge in [-0.05, 0) is 41.5 Å². The van der Waals surface area contributed by atoms with Crippen LogP contribution in [-0.4, -0.2) is 11.7 Å². The molecular formula is C17H19NO2S. The van der Waals surface area contributed by atoms with Gasteiger partial charge in [-0.2, -0.15) is 0 Å². The highest BCUT2D eigenvalue weighted by Crippen LogP contribution is 2.22. The maximum atomic E-state index is 12.0. The van der Waals surface area contributed by atoms with Gasteiger partial charge in [-0.15, -0.1) is 11.3 Å². The summed E-state index contributed by atoms with van der Waals surface area (Å²) in [6.07, 6.45) is 0. The minimum atomic E-state index is -0.439. The van der Waals surface area contributed by atoms with Gasteiger partial charge in [0.25, 0.3) is 0 Å². The first-order valence-corrected chi connectivity index (χ1v) is 7.66. The Kier molecular flexibility index (Phi) is 4.58. The summed E-state index contributed by atoms with van der Waals surface area (Å²) >= 11 is 1.56. The van der Waals surface area contributed by atoms with Crippen molar-refractivity contribution in [3.8, 4) is 0 Å². The Morgan fingerprint density at radius 1 is 1.14 bits per heavy atom. The van der Waals surface area contributed by atoms with Gasteiger partial charge in [0, 0.05) is 0 Å². The molecule has 0 radical (unpaired) electrons. The molecule has 0 aliphatic rings. The molecule has 0 unspecified atom stereocenters. The van der Waals surface area contributed by atoms with Crippen molar-refractivity contribution in [3.05, 3.63) is 57.8 Å². The van der Waals surface area contributed by atoms with Crippen LogP contribution in [0, 0.1) is 0 Å². The van der Waals surface area contributed by atoms with Crippen LogP contribution in [0.2, 0.25) is 0 Å². The molecule has 0 amide bonds. The van der Waals surface area contributed by atoms with Gasteiger partial charge in [0.1, 0.15) is 0 Å². The molecule has 0 N–H and O–H groups in total. The number of benzene rings is 1. The van der Waals surface area contributed by atoms with E-state index in [0.717, 1.165) is 4.88 Å². The lowest BCUT2D eigenvalue weighted by molar-refractivity contribution is 0.0516. The Hall–Kier alpha value is -1.94. The smallest absolute Gasteiger partial charge is 0.313 e. The molecule has 0 saturated carbocycles. The Balaban J connectivity index is 2.06. The normalized spacial score (nSPS) is 12.3. The predicted octanol–water partition coefficient (Wildman–Crippen LogP) is 4.63. The van der Waals surface area contributed by atoms with E-state index >= 15 is 0 Å². The molecule has 21 heavy (non-hydrogen) atoms. The van der Waals surface area contributed by atoms with Crippen LogP contribution >= 0.6 is 11.3 Å². The van der Waals surface area contributed by atoms with Crippen molar-refractivity contribution in [2.75, 3.05) is 0 Å². The summed E-state index contributed by atoms with van der Waals surface area (Å²) in [6, 6.07) is 11.3. The van der Waals surface area contributed by atoms with Crippen molar-refractivity contribution >= 4 is 23.0 Å². The molecule has 110 valence electrons. The van der Waals surface area contributed by atoms with Crippen molar-refractivity contribution in [2.45, 2.75) is 33.1 Å². The molecule has 0 aliphatic carbocycles. The summed E-state index contributed by atoms with van der Waals surface area (Å²) in [6.45, 7) is 8.22. The highest BCUT2D eigenvalue weighted by Gasteiger charge is 2.15. The first-order valence-electron chi connectivity index (χ1n) is 6.78. The van der Waals surface area contributed by atoms with E-state index < -0.39 is 5.97 Å². The molecule has 1 aromatic carbocycles. The maximum absolute atomic E-state index is 12.0. The second-order valence-electron chi connectivity index (χ2n) is 5.86. The van der Waals surface area contributed by atoms with Gasteiger partial charge in [0.05, 0.1) is 16.2 Å². The third-order valence-electron chi connectivity index (χ3n) is 3.13. The molecule has 2 aromatic rings. The fraction of sp³-hybridized carbons (Fsp3) is 0.294. The van der Waals surface area contributed by atoms with Gasteiger partial charge >= 0.3 is 5.97 Å². The number of nitrogens with zero attached hydrogens (tertiary/aromatic N) is 1. The summed E-state index contributed by atoms with van der Waals surface area (Å²) in [5, 5.41) is 5.85. The molecular weight excluding hydrogens is 282 g/mol. The molecule has 3 nitrogen and oxygen atoms in total. The van der Waals surface area contributed by atoms with Crippen LogP contribution in [0.3, 0.4) is 0 Å². The van der Waals surface area contributed by atoms with Crippen molar-refractivity contribution in [1.29, 1.82) is 0 Å². The van der Waals surface area contributed by atoms with Crippen LogP contribution in [-0.2, 0) is 10.3 Å². The van der Waals surface area contributed by atoms with Crippen LogP contribution in [0.25, 0.3) is 0 Å². The lowest BCUT2D eigenvalue weighted by Gasteiger charge is -2.18. The van der Waals surface area contributed by atoms with Gasteiger partial charge in [-0.3, -0.25) is 0 Å². The Morgan fingerprint density at radius 3 is 2.33 bits per heavy atom. The summed E-state index contributed by atoms with van der Waals surface area (Å²) < 4.78 is 0. The zero-order chi connectivity index (χ0) is 15.5. The number of rotatable bonds is 3. The van der Waals surface area contributed by atoms with E-state index in [1.807, 2.05) is 36.6 Å². The van der Waals surface area contributed by atoms with Crippen molar-refractivity contribution in [3.63, 3.8) is 0 Å². The standard InChI is InChI=1S/C17H19NO2S/c1-12(15-6-5-11-21-15)18-20-16(19)13-7-9-14(10-8-13)17(2,3)4/h5-11H,1-4H3/b18-12-. The van der Waals surface area contributed by atoms with Crippen molar-refractivity contribution < 1.29 is 9.63 Å². The van der Waals surface area contributed by atoms with Gasteiger partial charge in [-0.25, -0.2) is 4.79 Å². The number of oxime groups is 1. The number of thiophene rings is 1. The van der Waals surface area contributed by atoms with Crippen LogP contribution in [0.1, 0.15) is 48.5 Å². The van der Waals surface area contributed by atoms with E-state index in [1.54, 1.807) is 23.5 Å². The van der Waals surface area contributed by atoms with E-state index in [0.29, 0.717) is 11.3 Å². The highest BCUT2D eigenvalue weighted by atomic mass is 32.1. The van der Waals surface area contributed by atoms with Gasteiger partial charge in [0.2, 0.25) is 0 Å². The average Bonchev–Trinajstić information content (AvgIpc) is 2.98. The molecule has 2 rings (SSSR count). The molecule has 1 heterocycles. The Bertz CT molecular complexity index is 634. The topological polar surface area (TPSA) is 38.7 Å².